The maximum atomic E-state index is 12.1. The first-order chi connectivity index (χ1) is 13.7. The number of anilines is 1. The van der Waals surface area contributed by atoms with Crippen LogP contribution in [0.5, 0.6) is 0 Å². The summed E-state index contributed by atoms with van der Waals surface area (Å²) in [4.78, 5) is 12.1. The average Bonchev–Trinajstić information content (AvgIpc) is 3.35. The summed E-state index contributed by atoms with van der Waals surface area (Å²) < 4.78 is 18.7. The van der Waals surface area contributed by atoms with Gasteiger partial charge in [0.15, 0.2) is 0 Å². The molecule has 0 aliphatic heterocycles. The van der Waals surface area contributed by atoms with E-state index in [1.807, 2.05) is 6.07 Å². The highest BCUT2D eigenvalue weighted by atomic mass is 32.2. The van der Waals surface area contributed by atoms with Crippen LogP contribution < -0.4 is 11.1 Å². The normalized spacial score (nSPS) is 22.1. The summed E-state index contributed by atoms with van der Waals surface area (Å²) in [6.45, 7) is 6.72. The molecule has 3 aromatic rings. The molecular weight excluding hydrogens is 392 g/mol. The number of fused-ring (bicyclic) bond motifs is 1. The maximum absolute atomic E-state index is 12.1. The standard InChI is InChI=1S/C19H24N6O3S/c1-10-5-6-14(19(10,2)3)22-15-12(16(20)26)8-21-25-9-11(7-13(15)25)17-23-24-18(28-17)29(4)27/h7-10,14,22H,5-6H2,1-4H3,(H2,20,26)/t10-,14-,29?/m1/s1. The third-order valence-electron chi connectivity index (χ3n) is 6.18. The van der Waals surface area contributed by atoms with Gasteiger partial charge in [0.2, 0.25) is 5.89 Å². The molecule has 0 radical (unpaired) electrons. The van der Waals surface area contributed by atoms with Crippen molar-refractivity contribution in [2.75, 3.05) is 11.6 Å². The van der Waals surface area contributed by atoms with Crippen molar-refractivity contribution in [2.45, 2.75) is 44.9 Å². The zero-order valence-electron chi connectivity index (χ0n) is 16.8. The van der Waals surface area contributed by atoms with Crippen molar-refractivity contribution in [3.8, 4) is 11.5 Å². The molecule has 3 atom stereocenters. The summed E-state index contributed by atoms with van der Waals surface area (Å²) in [5.74, 6) is 0.251. The van der Waals surface area contributed by atoms with Crippen LogP contribution >= 0.6 is 0 Å². The number of primary amides is 1. The van der Waals surface area contributed by atoms with Crippen LogP contribution in [0.1, 0.15) is 44.0 Å². The summed E-state index contributed by atoms with van der Waals surface area (Å²) in [7, 11) is -1.37. The highest BCUT2D eigenvalue weighted by Crippen LogP contribution is 2.44. The minimum absolute atomic E-state index is 0.0566. The van der Waals surface area contributed by atoms with Crippen molar-refractivity contribution in [3.63, 3.8) is 0 Å². The molecule has 0 aromatic carbocycles. The highest BCUT2D eigenvalue weighted by Gasteiger charge is 2.41. The summed E-state index contributed by atoms with van der Waals surface area (Å²) in [6, 6.07) is 2.00. The lowest BCUT2D eigenvalue weighted by atomic mass is 9.80. The Bertz CT molecular complexity index is 1120. The van der Waals surface area contributed by atoms with E-state index in [1.54, 1.807) is 10.7 Å². The van der Waals surface area contributed by atoms with Crippen LogP contribution in [0.25, 0.3) is 17.0 Å². The van der Waals surface area contributed by atoms with E-state index in [0.29, 0.717) is 28.2 Å². The second kappa shape index (κ2) is 6.94. The summed E-state index contributed by atoms with van der Waals surface area (Å²) in [5, 5.41) is 15.7. The van der Waals surface area contributed by atoms with Gasteiger partial charge < -0.3 is 15.5 Å². The Kier molecular flexibility index (Phi) is 4.68. The minimum atomic E-state index is -1.37. The van der Waals surface area contributed by atoms with E-state index in [-0.39, 0.29) is 22.6 Å². The van der Waals surface area contributed by atoms with Gasteiger partial charge in [0.05, 0.1) is 28.5 Å². The molecule has 1 fully saturated rings. The molecule has 3 N–H and O–H groups in total. The Balaban J connectivity index is 1.80. The molecule has 0 bridgehead atoms. The molecule has 3 heterocycles. The first kappa shape index (κ1) is 19.6. The van der Waals surface area contributed by atoms with E-state index in [4.69, 9.17) is 10.2 Å². The van der Waals surface area contributed by atoms with Crippen molar-refractivity contribution >= 4 is 27.9 Å². The molecule has 9 nitrogen and oxygen atoms in total. The second-order valence-electron chi connectivity index (χ2n) is 8.18. The lowest BCUT2D eigenvalue weighted by Gasteiger charge is -2.33. The summed E-state index contributed by atoms with van der Waals surface area (Å²) in [6.07, 6.45) is 6.78. The van der Waals surface area contributed by atoms with Crippen LogP contribution in [0.2, 0.25) is 0 Å². The van der Waals surface area contributed by atoms with Gasteiger partial charge in [-0.1, -0.05) is 25.9 Å². The minimum Gasteiger partial charge on any atom is -0.409 e. The van der Waals surface area contributed by atoms with E-state index in [9.17, 15) is 9.00 Å². The Labute approximate surface area is 170 Å². The third kappa shape index (κ3) is 3.31. The SMILES string of the molecule is C[C@@H]1CC[C@@H](Nc2c(C(N)=O)cnn3cc(-c4nnc(S(C)=O)o4)cc23)C1(C)C. The maximum Gasteiger partial charge on any atom is 0.307 e. The number of nitrogens with zero attached hydrogens (tertiary/aromatic N) is 4. The molecule has 1 aliphatic rings. The Hall–Kier alpha value is -2.75. The Morgan fingerprint density at radius 3 is 2.72 bits per heavy atom. The van der Waals surface area contributed by atoms with Gasteiger partial charge >= 0.3 is 5.22 Å². The largest absolute Gasteiger partial charge is 0.409 e. The van der Waals surface area contributed by atoms with Gasteiger partial charge in [-0.05, 0) is 30.2 Å². The molecule has 3 aromatic heterocycles. The summed E-state index contributed by atoms with van der Waals surface area (Å²) >= 11 is 0. The van der Waals surface area contributed by atoms with Crippen LogP contribution in [-0.4, -0.2) is 42.2 Å². The number of nitrogens with one attached hydrogen (secondary N) is 1. The van der Waals surface area contributed by atoms with Crippen molar-refractivity contribution in [2.24, 2.45) is 17.1 Å². The van der Waals surface area contributed by atoms with Crippen molar-refractivity contribution < 1.29 is 13.4 Å². The fourth-order valence-electron chi connectivity index (χ4n) is 3.89. The number of nitrogens with two attached hydrogens (primary N) is 1. The fraction of sp³-hybridized carbons (Fsp3) is 0.474. The lowest BCUT2D eigenvalue weighted by Crippen LogP contribution is -2.35. The molecular formula is C19H24N6O3S. The lowest BCUT2D eigenvalue weighted by molar-refractivity contribution is 0.100. The van der Waals surface area contributed by atoms with E-state index in [2.05, 4.69) is 41.4 Å². The van der Waals surface area contributed by atoms with Gasteiger partial charge in [-0.25, -0.2) is 8.72 Å². The third-order valence-corrected chi connectivity index (χ3v) is 6.83. The monoisotopic (exact) mass is 416 g/mol. The van der Waals surface area contributed by atoms with E-state index in [0.717, 1.165) is 12.8 Å². The van der Waals surface area contributed by atoms with Gasteiger partial charge in [0, 0.05) is 18.5 Å². The smallest absolute Gasteiger partial charge is 0.307 e. The van der Waals surface area contributed by atoms with Gasteiger partial charge in [-0.3, -0.25) is 4.79 Å². The van der Waals surface area contributed by atoms with Gasteiger partial charge in [-0.2, -0.15) is 5.10 Å². The number of aromatic nitrogens is 4. The van der Waals surface area contributed by atoms with Gasteiger partial charge in [-0.15, -0.1) is 5.10 Å². The predicted octanol–water partition coefficient (Wildman–Crippen LogP) is 2.46. The first-order valence-electron chi connectivity index (χ1n) is 9.43. The van der Waals surface area contributed by atoms with Crippen LogP contribution in [0, 0.1) is 11.3 Å². The topological polar surface area (TPSA) is 128 Å². The summed E-state index contributed by atoms with van der Waals surface area (Å²) in [5.41, 5.74) is 7.97. The average molecular weight is 417 g/mol. The number of rotatable bonds is 5. The molecule has 0 saturated heterocycles. The molecule has 1 unspecified atom stereocenters. The van der Waals surface area contributed by atoms with Gasteiger partial charge in [0.25, 0.3) is 5.91 Å². The quantitative estimate of drug-likeness (QED) is 0.653. The molecule has 4 rings (SSSR count). The number of hydrogen-bond acceptors (Lipinski definition) is 7. The molecule has 1 aliphatic carbocycles. The Morgan fingerprint density at radius 1 is 1.38 bits per heavy atom. The number of amides is 1. The molecule has 1 saturated carbocycles. The fourth-order valence-corrected chi connectivity index (χ4v) is 4.24. The van der Waals surface area contributed by atoms with Gasteiger partial charge in [0.1, 0.15) is 10.8 Å². The molecule has 10 heteroatoms. The second-order valence-corrected chi connectivity index (χ2v) is 9.44. The van der Waals surface area contributed by atoms with E-state index < -0.39 is 16.7 Å². The van der Waals surface area contributed by atoms with Crippen molar-refractivity contribution in [1.29, 1.82) is 0 Å². The molecule has 29 heavy (non-hydrogen) atoms. The van der Waals surface area contributed by atoms with Crippen LogP contribution in [-0.2, 0) is 10.8 Å². The van der Waals surface area contributed by atoms with Crippen LogP contribution in [0.15, 0.2) is 28.1 Å². The van der Waals surface area contributed by atoms with Crippen LogP contribution in [0.4, 0.5) is 5.69 Å². The van der Waals surface area contributed by atoms with E-state index >= 15 is 0 Å². The number of carbonyl (C=O) groups is 1. The van der Waals surface area contributed by atoms with Crippen molar-refractivity contribution in [3.05, 3.63) is 24.0 Å². The zero-order valence-corrected chi connectivity index (χ0v) is 17.6. The zero-order chi connectivity index (χ0) is 20.9. The Morgan fingerprint density at radius 2 is 2.14 bits per heavy atom. The molecule has 1 amide bonds. The van der Waals surface area contributed by atoms with Crippen molar-refractivity contribution in [1.82, 2.24) is 19.8 Å². The van der Waals surface area contributed by atoms with E-state index in [1.165, 1.54) is 12.5 Å². The number of carbonyl (C=O) groups excluding carboxylic acids is 1. The predicted molar refractivity (Wildman–Crippen MR) is 109 cm³/mol. The van der Waals surface area contributed by atoms with Crippen LogP contribution in [0.3, 0.4) is 0 Å². The molecule has 0 spiro atoms. The first-order valence-corrected chi connectivity index (χ1v) is 11.0. The number of hydrogen-bond donors (Lipinski definition) is 2. The highest BCUT2D eigenvalue weighted by molar-refractivity contribution is 7.84. The molecule has 154 valence electrons.